The molecule has 4 aromatic rings. The summed E-state index contributed by atoms with van der Waals surface area (Å²) < 4.78 is 3.99. The molecule has 2 aromatic heterocycles. The fraction of sp³-hybridized carbons (Fsp3) is 0.118. The van der Waals surface area contributed by atoms with Crippen molar-refractivity contribution in [3.8, 4) is 17.2 Å². The standard InChI is InChI=1S/C17H16N6/c1-22-17(19-20-21-22)16-10-13-4-2-3-5-15(13)23(16)14-8-6-12(11-18)7-9-14/h2-10H,11,18H2,1H3/p+1. The van der Waals surface area contributed by atoms with Gasteiger partial charge >= 0.3 is 5.82 Å². The van der Waals surface area contributed by atoms with Gasteiger partial charge in [0.2, 0.25) is 0 Å². The molecular weight excluding hydrogens is 288 g/mol. The number of nitrogens with zero attached hydrogens (tertiary/aromatic N) is 4. The lowest BCUT2D eigenvalue weighted by atomic mass is 10.2. The molecule has 0 radical (unpaired) electrons. The zero-order chi connectivity index (χ0) is 15.8. The van der Waals surface area contributed by atoms with Crippen LogP contribution in [0, 0.1) is 0 Å². The molecular formula is C17H17N6+. The molecule has 114 valence electrons. The van der Waals surface area contributed by atoms with Gasteiger partial charge in [0.15, 0.2) is 5.21 Å². The molecule has 0 atom stereocenters. The van der Waals surface area contributed by atoms with Crippen LogP contribution in [-0.4, -0.2) is 20.1 Å². The van der Waals surface area contributed by atoms with Crippen molar-refractivity contribution in [2.24, 2.45) is 12.8 Å². The maximum atomic E-state index is 5.70. The largest absolute Gasteiger partial charge is 0.348 e. The molecule has 2 aromatic carbocycles. The Morgan fingerprint density at radius 2 is 1.91 bits per heavy atom. The summed E-state index contributed by atoms with van der Waals surface area (Å²) in [7, 11) is 1.90. The number of hydrogen-bond donors (Lipinski definition) is 2. The second-order valence-electron chi connectivity index (χ2n) is 5.48. The summed E-state index contributed by atoms with van der Waals surface area (Å²) in [5, 5.41) is 12.1. The number of benzene rings is 2. The highest BCUT2D eigenvalue weighted by Gasteiger charge is 2.21. The van der Waals surface area contributed by atoms with Gasteiger partial charge in [0, 0.05) is 17.6 Å². The summed E-state index contributed by atoms with van der Waals surface area (Å²) in [6.07, 6.45) is 0. The van der Waals surface area contributed by atoms with Crippen molar-refractivity contribution in [1.82, 2.24) is 20.1 Å². The number of aryl methyl sites for hydroxylation is 1. The van der Waals surface area contributed by atoms with E-state index >= 15 is 0 Å². The third kappa shape index (κ3) is 2.20. The number of nitrogens with one attached hydrogen (secondary N) is 1. The van der Waals surface area contributed by atoms with Crippen LogP contribution in [0.3, 0.4) is 0 Å². The van der Waals surface area contributed by atoms with Gasteiger partial charge in [-0.2, -0.15) is 4.68 Å². The van der Waals surface area contributed by atoms with Crippen LogP contribution in [0.4, 0.5) is 0 Å². The van der Waals surface area contributed by atoms with Crippen LogP contribution in [0.15, 0.2) is 54.6 Å². The molecule has 23 heavy (non-hydrogen) atoms. The van der Waals surface area contributed by atoms with Crippen molar-refractivity contribution in [2.75, 3.05) is 0 Å². The van der Waals surface area contributed by atoms with E-state index < -0.39 is 0 Å². The molecule has 0 aliphatic heterocycles. The monoisotopic (exact) mass is 305 g/mol. The molecule has 0 saturated carbocycles. The first kappa shape index (κ1) is 13.7. The third-order valence-electron chi connectivity index (χ3n) is 4.03. The number of rotatable bonds is 3. The Bertz CT molecular complexity index is 964. The Labute approximate surface area is 133 Å². The average molecular weight is 305 g/mol. The third-order valence-corrected chi connectivity index (χ3v) is 4.03. The minimum absolute atomic E-state index is 0.539. The van der Waals surface area contributed by atoms with E-state index in [1.54, 1.807) is 4.68 Å². The van der Waals surface area contributed by atoms with Crippen LogP contribution >= 0.6 is 0 Å². The molecule has 0 amide bonds. The SMILES string of the molecule is C[n+]1[nH]nnc1-c1cc2ccccc2n1-c1ccc(CN)cc1. The lowest BCUT2D eigenvalue weighted by Crippen LogP contribution is -2.33. The van der Waals surface area contributed by atoms with Gasteiger partial charge in [0.1, 0.15) is 10.8 Å². The van der Waals surface area contributed by atoms with Crippen molar-refractivity contribution in [1.29, 1.82) is 0 Å². The molecule has 6 nitrogen and oxygen atoms in total. The predicted octanol–water partition coefficient (Wildman–Crippen LogP) is 1.70. The van der Waals surface area contributed by atoms with Crippen LogP contribution in [-0.2, 0) is 13.6 Å². The number of nitrogens with two attached hydrogens (primary N) is 1. The highest BCUT2D eigenvalue weighted by molar-refractivity contribution is 5.87. The van der Waals surface area contributed by atoms with E-state index in [-0.39, 0.29) is 0 Å². The van der Waals surface area contributed by atoms with E-state index in [1.807, 2.05) is 19.2 Å². The van der Waals surface area contributed by atoms with Gasteiger partial charge < -0.3 is 10.3 Å². The molecule has 0 saturated heterocycles. The Kier molecular flexibility index (Phi) is 3.17. The zero-order valence-electron chi connectivity index (χ0n) is 12.8. The quantitative estimate of drug-likeness (QED) is 0.566. The summed E-state index contributed by atoms with van der Waals surface area (Å²) in [6.45, 7) is 0.539. The molecule has 6 heteroatoms. The minimum atomic E-state index is 0.539. The minimum Gasteiger partial charge on any atom is -0.326 e. The van der Waals surface area contributed by atoms with Gasteiger partial charge in [-0.15, -0.1) is 0 Å². The molecule has 0 fully saturated rings. The van der Waals surface area contributed by atoms with Gasteiger partial charge in [-0.3, -0.25) is 0 Å². The fourth-order valence-corrected chi connectivity index (χ4v) is 2.85. The topological polar surface area (TPSA) is 76.4 Å². The first-order chi connectivity index (χ1) is 11.3. The molecule has 0 spiro atoms. The van der Waals surface area contributed by atoms with Gasteiger partial charge in [-0.1, -0.05) is 35.5 Å². The number of aromatic nitrogens is 5. The molecule has 2 heterocycles. The molecule has 0 aliphatic rings. The van der Waals surface area contributed by atoms with Crippen molar-refractivity contribution >= 4 is 10.9 Å². The van der Waals surface area contributed by atoms with Crippen LogP contribution < -0.4 is 10.4 Å². The Morgan fingerprint density at radius 1 is 1.13 bits per heavy atom. The van der Waals surface area contributed by atoms with E-state index in [2.05, 4.69) is 62.6 Å². The van der Waals surface area contributed by atoms with Crippen molar-refractivity contribution in [3.63, 3.8) is 0 Å². The van der Waals surface area contributed by atoms with E-state index in [0.717, 1.165) is 33.7 Å². The molecule has 3 N–H and O–H groups in total. The first-order valence-corrected chi connectivity index (χ1v) is 7.45. The number of H-pyrrole nitrogens is 1. The summed E-state index contributed by atoms with van der Waals surface area (Å²) in [4.78, 5) is 0. The van der Waals surface area contributed by atoms with Crippen molar-refractivity contribution < 1.29 is 4.68 Å². The predicted molar refractivity (Wildman–Crippen MR) is 87.7 cm³/mol. The van der Waals surface area contributed by atoms with Crippen LogP contribution in [0.1, 0.15) is 5.56 Å². The van der Waals surface area contributed by atoms with E-state index in [4.69, 9.17) is 5.73 Å². The molecule has 0 bridgehead atoms. The summed E-state index contributed by atoms with van der Waals surface area (Å²) in [5.41, 5.74) is 10.0. The number of fused-ring (bicyclic) bond motifs is 1. The second kappa shape index (κ2) is 5.33. The van der Waals surface area contributed by atoms with Crippen molar-refractivity contribution in [3.05, 3.63) is 60.2 Å². The molecule has 4 rings (SSSR count). The van der Waals surface area contributed by atoms with Crippen LogP contribution in [0.25, 0.3) is 28.1 Å². The lowest BCUT2D eigenvalue weighted by molar-refractivity contribution is -0.721. The summed E-state index contributed by atoms with van der Waals surface area (Å²) in [5.74, 6) is 0.782. The number of para-hydroxylation sites is 1. The number of tetrazole rings is 1. The van der Waals surface area contributed by atoms with Gasteiger partial charge in [-0.05, 0) is 29.8 Å². The highest BCUT2D eigenvalue weighted by atomic mass is 15.5. The maximum Gasteiger partial charge on any atom is 0.348 e. The Morgan fingerprint density at radius 3 is 2.61 bits per heavy atom. The average Bonchev–Trinajstić information content (AvgIpc) is 3.18. The molecule has 0 aliphatic carbocycles. The van der Waals surface area contributed by atoms with Crippen molar-refractivity contribution in [2.45, 2.75) is 6.54 Å². The Hall–Kier alpha value is -2.99. The number of hydrogen-bond acceptors (Lipinski definition) is 3. The number of aromatic amines is 1. The lowest BCUT2D eigenvalue weighted by Gasteiger charge is -2.09. The fourth-order valence-electron chi connectivity index (χ4n) is 2.85. The van der Waals surface area contributed by atoms with Gasteiger partial charge in [-0.25, -0.2) is 0 Å². The van der Waals surface area contributed by atoms with Crippen LogP contribution in [0.2, 0.25) is 0 Å². The van der Waals surface area contributed by atoms with E-state index in [0.29, 0.717) is 6.54 Å². The maximum absolute atomic E-state index is 5.70. The highest BCUT2D eigenvalue weighted by Crippen LogP contribution is 2.29. The summed E-state index contributed by atoms with van der Waals surface area (Å²) in [6, 6.07) is 18.7. The second-order valence-corrected chi connectivity index (χ2v) is 5.48. The van der Waals surface area contributed by atoms with E-state index in [9.17, 15) is 0 Å². The zero-order valence-corrected chi connectivity index (χ0v) is 12.8. The Balaban J connectivity index is 2.01. The summed E-state index contributed by atoms with van der Waals surface area (Å²) >= 11 is 0. The smallest absolute Gasteiger partial charge is 0.326 e. The van der Waals surface area contributed by atoms with E-state index in [1.165, 1.54) is 0 Å². The molecule has 0 unspecified atom stereocenters. The first-order valence-electron chi connectivity index (χ1n) is 7.45. The van der Waals surface area contributed by atoms with Crippen LogP contribution in [0.5, 0.6) is 0 Å². The normalized spacial score (nSPS) is 11.2. The van der Waals surface area contributed by atoms with Gasteiger partial charge in [0.05, 0.1) is 12.6 Å². The van der Waals surface area contributed by atoms with Gasteiger partial charge in [0.25, 0.3) is 0 Å².